The Morgan fingerprint density at radius 1 is 1.16 bits per heavy atom. The fourth-order valence-corrected chi connectivity index (χ4v) is 4.99. The molecule has 0 atom stereocenters. The van der Waals surface area contributed by atoms with E-state index in [1.807, 2.05) is 11.8 Å². The number of ether oxygens (including phenoxy) is 1. The minimum absolute atomic E-state index is 0.842. The summed E-state index contributed by atoms with van der Waals surface area (Å²) in [6, 6.07) is 10.6. The standard InChI is InChI=1S/C15H17NOS.W/c1-2-6-13(7-3-1)18-15-8-11-17-14(15)12-16-9-4-5-10-16;/h1-3,6-7H,4-5,8-11H2;. The maximum absolute atomic E-state index is 5.91. The molecule has 0 spiro atoms. The summed E-state index contributed by atoms with van der Waals surface area (Å²) in [5, 5.41) is 0. The van der Waals surface area contributed by atoms with Crippen LogP contribution in [0.2, 0.25) is 0 Å². The first-order chi connectivity index (χ1) is 9.34. The summed E-state index contributed by atoms with van der Waals surface area (Å²) < 4.78 is 7.32. The van der Waals surface area contributed by atoms with Crippen molar-refractivity contribution in [3.63, 3.8) is 0 Å². The molecular formula is C15H17NOSW. The van der Waals surface area contributed by atoms with E-state index in [0.717, 1.165) is 13.0 Å². The van der Waals surface area contributed by atoms with Gasteiger partial charge >= 0.3 is 130 Å². The Morgan fingerprint density at radius 3 is 2.63 bits per heavy atom. The second-order valence-corrected chi connectivity index (χ2v) is 7.32. The van der Waals surface area contributed by atoms with Gasteiger partial charge in [0, 0.05) is 0 Å². The zero-order valence-corrected chi connectivity index (χ0v) is 14.6. The molecule has 1 saturated heterocycles. The summed E-state index contributed by atoms with van der Waals surface area (Å²) in [7, 11) is 0. The summed E-state index contributed by atoms with van der Waals surface area (Å²) in [6.45, 7) is 3.25. The van der Waals surface area contributed by atoms with Crippen molar-refractivity contribution in [3.8, 4) is 0 Å². The normalized spacial score (nSPS) is 19.8. The first-order valence-corrected chi connectivity index (χ1v) is 9.01. The predicted octanol–water partition coefficient (Wildman–Crippen LogP) is 3.18. The summed E-state index contributed by atoms with van der Waals surface area (Å²) in [5.41, 5.74) is 0. The van der Waals surface area contributed by atoms with Gasteiger partial charge in [0.15, 0.2) is 0 Å². The molecule has 0 aliphatic carbocycles. The van der Waals surface area contributed by atoms with E-state index < -0.39 is 0 Å². The van der Waals surface area contributed by atoms with Crippen molar-refractivity contribution in [3.05, 3.63) is 41.0 Å². The molecule has 1 aromatic rings. The molecule has 0 amide bonds. The van der Waals surface area contributed by atoms with Crippen LogP contribution in [0.25, 0.3) is 0 Å². The molecular weight excluding hydrogens is 426 g/mol. The first-order valence-electron chi connectivity index (χ1n) is 6.73. The average Bonchev–Trinajstić information content (AvgIpc) is 3.10. The summed E-state index contributed by atoms with van der Waals surface area (Å²) >= 11 is 3.39. The van der Waals surface area contributed by atoms with Gasteiger partial charge in [-0.2, -0.15) is 0 Å². The number of likely N-dealkylation sites (tertiary alicyclic amines) is 1. The molecule has 2 aliphatic rings. The fraction of sp³-hybridized carbons (Fsp3) is 0.400. The zero-order valence-electron chi connectivity index (χ0n) is 10.8. The van der Waals surface area contributed by atoms with Crippen LogP contribution in [-0.4, -0.2) is 28.6 Å². The van der Waals surface area contributed by atoms with Gasteiger partial charge in [0.1, 0.15) is 0 Å². The number of benzene rings is 1. The molecule has 2 heterocycles. The average molecular weight is 443 g/mol. The SMILES string of the molecule is [W]=[C](C1=C(Sc2ccccc2)CCO1)N1CCCC1. The van der Waals surface area contributed by atoms with Crippen LogP contribution in [0.5, 0.6) is 0 Å². The maximum atomic E-state index is 5.91. The molecule has 2 nitrogen and oxygen atoms in total. The van der Waals surface area contributed by atoms with Crippen LogP contribution in [0.1, 0.15) is 19.3 Å². The Balaban J connectivity index is 1.77. The van der Waals surface area contributed by atoms with E-state index >= 15 is 0 Å². The van der Waals surface area contributed by atoms with E-state index in [4.69, 9.17) is 4.74 Å². The molecule has 2 aliphatic heterocycles. The van der Waals surface area contributed by atoms with E-state index in [1.54, 1.807) is 0 Å². The Labute approximate surface area is 129 Å². The van der Waals surface area contributed by atoms with Gasteiger partial charge < -0.3 is 0 Å². The van der Waals surface area contributed by atoms with Crippen molar-refractivity contribution in [2.75, 3.05) is 19.7 Å². The van der Waals surface area contributed by atoms with E-state index in [-0.39, 0.29) is 0 Å². The van der Waals surface area contributed by atoms with Crippen LogP contribution >= 0.6 is 11.8 Å². The van der Waals surface area contributed by atoms with E-state index in [9.17, 15) is 0 Å². The topological polar surface area (TPSA) is 12.5 Å². The number of hydrogen-bond donors (Lipinski definition) is 0. The Morgan fingerprint density at radius 2 is 1.89 bits per heavy atom. The molecule has 0 N–H and O–H groups in total. The van der Waals surface area contributed by atoms with Crippen LogP contribution in [-0.2, 0) is 24.1 Å². The number of thioether (sulfide) groups is 1. The van der Waals surface area contributed by atoms with Crippen LogP contribution in [0.4, 0.5) is 0 Å². The van der Waals surface area contributed by atoms with Crippen molar-refractivity contribution in [1.29, 1.82) is 0 Å². The third-order valence-electron chi connectivity index (χ3n) is 3.40. The van der Waals surface area contributed by atoms with Gasteiger partial charge in [-0.1, -0.05) is 0 Å². The fourth-order valence-electron chi connectivity index (χ4n) is 2.41. The third kappa shape index (κ3) is 3.21. The second kappa shape index (κ2) is 6.39. The summed E-state index contributed by atoms with van der Waals surface area (Å²) in [5.74, 6) is 1.17. The Hall–Kier alpha value is -0.372. The van der Waals surface area contributed by atoms with Crippen molar-refractivity contribution < 1.29 is 24.1 Å². The molecule has 1 aromatic carbocycles. The van der Waals surface area contributed by atoms with Gasteiger partial charge in [0.05, 0.1) is 0 Å². The van der Waals surface area contributed by atoms with Gasteiger partial charge in [-0.25, -0.2) is 0 Å². The Kier molecular flexibility index (Phi) is 4.57. The quantitative estimate of drug-likeness (QED) is 0.710. The molecule has 3 rings (SSSR count). The van der Waals surface area contributed by atoms with Gasteiger partial charge in [0.2, 0.25) is 0 Å². The van der Waals surface area contributed by atoms with Crippen LogP contribution in [0.15, 0.2) is 45.9 Å². The van der Waals surface area contributed by atoms with Crippen LogP contribution < -0.4 is 0 Å². The van der Waals surface area contributed by atoms with E-state index in [2.05, 4.69) is 35.2 Å². The molecule has 4 heteroatoms. The minimum atomic E-state index is 0.842. The van der Waals surface area contributed by atoms with Gasteiger partial charge in [-0.15, -0.1) is 0 Å². The second-order valence-electron chi connectivity index (χ2n) is 4.77. The molecule has 0 radical (unpaired) electrons. The van der Waals surface area contributed by atoms with Gasteiger partial charge in [-0.05, 0) is 0 Å². The van der Waals surface area contributed by atoms with Crippen molar-refractivity contribution >= 4 is 15.8 Å². The van der Waals surface area contributed by atoms with Gasteiger partial charge in [0.25, 0.3) is 0 Å². The van der Waals surface area contributed by atoms with Crippen molar-refractivity contribution in [2.24, 2.45) is 0 Å². The predicted molar refractivity (Wildman–Crippen MR) is 75.7 cm³/mol. The molecule has 0 aromatic heterocycles. The molecule has 100 valence electrons. The summed E-state index contributed by atoms with van der Waals surface area (Å²) in [6.07, 6.45) is 3.70. The first kappa shape index (κ1) is 13.6. The monoisotopic (exact) mass is 443 g/mol. The summed E-state index contributed by atoms with van der Waals surface area (Å²) in [4.78, 5) is 5.22. The van der Waals surface area contributed by atoms with E-state index in [0.29, 0.717) is 0 Å². The molecule has 0 unspecified atom stereocenters. The third-order valence-corrected chi connectivity index (χ3v) is 6.14. The van der Waals surface area contributed by atoms with Crippen molar-refractivity contribution in [2.45, 2.75) is 24.2 Å². The number of hydrogen-bond acceptors (Lipinski definition) is 3. The van der Waals surface area contributed by atoms with E-state index in [1.165, 1.54) is 64.9 Å². The molecule has 1 fully saturated rings. The Bertz CT molecular complexity index is 494. The zero-order chi connectivity index (χ0) is 13.1. The van der Waals surface area contributed by atoms with Gasteiger partial charge in [-0.3, -0.25) is 0 Å². The molecule has 19 heavy (non-hydrogen) atoms. The molecule has 0 bridgehead atoms. The van der Waals surface area contributed by atoms with Crippen molar-refractivity contribution in [1.82, 2.24) is 4.90 Å². The number of rotatable bonds is 4. The van der Waals surface area contributed by atoms with Crippen LogP contribution in [0, 0.1) is 0 Å². The van der Waals surface area contributed by atoms with Crippen LogP contribution in [0.3, 0.4) is 0 Å². The number of nitrogens with zero attached hydrogens (tertiary/aromatic N) is 1. The molecule has 0 saturated carbocycles.